The molecule has 12 rings (SSSR count). The number of nitrogens with one attached hydrogen (secondary N) is 4. The highest BCUT2D eigenvalue weighted by Gasteiger charge is 2.28. The Labute approximate surface area is 456 Å². The van der Waals surface area contributed by atoms with Gasteiger partial charge in [-0.05, 0) is 90.8 Å². The van der Waals surface area contributed by atoms with E-state index in [-0.39, 0.29) is 56.9 Å². The van der Waals surface area contributed by atoms with Gasteiger partial charge in [-0.3, -0.25) is 23.9 Å². The van der Waals surface area contributed by atoms with Crippen LogP contribution >= 0.6 is 0 Å². The number of carbonyl (C=O) groups excluding carboxylic acids is 2. The standard InChI is InChI=1S/C29H25F2N7O4.C26H22F2N8O3/c30-29(31)42-25-5-4-21(41-20-3-2-17-6-8-32-12-18(17)10-20)11-22(25)26-24(14-38(36-26)19-15-40-16-19)35-28(39)23-13-34-37-9-1-7-33-27(23)37;1-15(29-2)16-9-18(12-30-11-16)38-17-5-6-22(39-26(27)28)19(10-17)23-21(14-35(3)34-23)33-25(37)20-13-32-36-8-4-7-31-24(20)36/h1-5,7,9-11,13-14,19,29,32H,6,8,12,15-16H2,(H,35,39);4-14,26,29H,1H2,2-3H3,(H,33,37). The van der Waals surface area contributed by atoms with Crippen molar-refractivity contribution in [3.63, 3.8) is 0 Å². The quantitative estimate of drug-likeness (QED) is 0.0623. The van der Waals surface area contributed by atoms with Crippen LogP contribution in [0.2, 0.25) is 0 Å². The van der Waals surface area contributed by atoms with E-state index in [4.69, 9.17) is 23.7 Å². The molecule has 2 amide bonds. The number of aromatic nitrogens is 11. The fourth-order valence-electron chi connectivity index (χ4n) is 8.87. The van der Waals surface area contributed by atoms with Gasteiger partial charge in [0.05, 0.1) is 60.3 Å². The number of ether oxygens (including phenoxy) is 5. The summed E-state index contributed by atoms with van der Waals surface area (Å²) < 4.78 is 86.6. The Morgan fingerprint density at radius 2 is 1.30 bits per heavy atom. The van der Waals surface area contributed by atoms with Crippen LogP contribution in [-0.4, -0.2) is 106 Å². The first kappa shape index (κ1) is 52.8. The van der Waals surface area contributed by atoms with Gasteiger partial charge in [-0.2, -0.15) is 38.0 Å². The number of carbonyl (C=O) groups is 2. The van der Waals surface area contributed by atoms with Crippen LogP contribution in [0.1, 0.15) is 43.4 Å². The highest BCUT2D eigenvalue weighted by molar-refractivity contribution is 6.10. The Morgan fingerprint density at radius 3 is 1.89 bits per heavy atom. The number of aryl methyl sites for hydroxylation is 1. The van der Waals surface area contributed by atoms with Crippen LogP contribution in [0.5, 0.6) is 34.5 Å². The van der Waals surface area contributed by atoms with E-state index >= 15 is 0 Å². The second kappa shape index (κ2) is 23.0. The zero-order valence-electron chi connectivity index (χ0n) is 43.0. The summed E-state index contributed by atoms with van der Waals surface area (Å²) >= 11 is 0. The van der Waals surface area contributed by atoms with Crippen molar-refractivity contribution < 1.29 is 50.8 Å². The lowest BCUT2D eigenvalue weighted by Gasteiger charge is -2.25. The molecule has 9 heterocycles. The molecule has 0 spiro atoms. The first-order valence-electron chi connectivity index (χ1n) is 24.9. The predicted molar refractivity (Wildman–Crippen MR) is 286 cm³/mol. The van der Waals surface area contributed by atoms with Gasteiger partial charge in [-0.15, -0.1) is 0 Å². The molecule has 2 aliphatic heterocycles. The van der Waals surface area contributed by atoms with Crippen molar-refractivity contribution >= 4 is 40.2 Å². The molecule has 0 radical (unpaired) electrons. The van der Waals surface area contributed by atoms with E-state index in [0.717, 1.165) is 25.1 Å². The molecular weight excluding hydrogens is 1060 g/mol. The van der Waals surface area contributed by atoms with Crippen LogP contribution < -0.4 is 40.2 Å². The van der Waals surface area contributed by atoms with Gasteiger partial charge in [0.15, 0.2) is 11.3 Å². The van der Waals surface area contributed by atoms with Gasteiger partial charge in [0.1, 0.15) is 57.0 Å². The monoisotopic (exact) mass is 1110 g/mol. The van der Waals surface area contributed by atoms with Crippen molar-refractivity contribution in [2.24, 2.45) is 7.05 Å². The molecule has 10 aromatic rings. The number of hydrogen-bond donors (Lipinski definition) is 4. The smallest absolute Gasteiger partial charge is 0.387 e. The number of benzene rings is 3. The summed E-state index contributed by atoms with van der Waals surface area (Å²) in [6.07, 6.45) is 16.5. The Kier molecular flexibility index (Phi) is 15.0. The van der Waals surface area contributed by atoms with E-state index in [1.54, 1.807) is 92.5 Å². The number of halogens is 4. The van der Waals surface area contributed by atoms with Crippen molar-refractivity contribution in [2.45, 2.75) is 32.2 Å². The van der Waals surface area contributed by atoms with E-state index in [0.29, 0.717) is 64.5 Å². The summed E-state index contributed by atoms with van der Waals surface area (Å²) in [5.74, 6) is 0.436. The third-order valence-electron chi connectivity index (χ3n) is 12.8. The molecule has 0 unspecified atom stereocenters. The van der Waals surface area contributed by atoms with Gasteiger partial charge >= 0.3 is 13.2 Å². The zero-order valence-corrected chi connectivity index (χ0v) is 43.0. The maximum atomic E-state index is 13.5. The van der Waals surface area contributed by atoms with E-state index in [9.17, 15) is 27.2 Å². The fourth-order valence-corrected chi connectivity index (χ4v) is 8.87. The second-order valence-electron chi connectivity index (χ2n) is 18.2. The SMILES string of the molecule is C=C(NC)c1cncc(Oc2ccc(OC(F)F)c(-c3nn(C)cc3NC(=O)c3cnn4cccnc34)c2)c1.O=C(Nc1cn(C2COC2)nc1-c1cc(Oc2ccc3c(c2)CNCC3)ccc1OC(F)F)c1cnn2cccnc12. The minimum absolute atomic E-state index is 0.0731. The molecule has 0 aliphatic carbocycles. The van der Waals surface area contributed by atoms with Gasteiger partial charge in [0.25, 0.3) is 11.8 Å². The number of amides is 2. The van der Waals surface area contributed by atoms with Crippen molar-refractivity contribution in [3.05, 3.63) is 169 Å². The number of fused-ring (bicyclic) bond motifs is 3. The Balaban J connectivity index is 0.000000171. The lowest BCUT2D eigenvalue weighted by Crippen LogP contribution is -2.30. The number of anilines is 2. The highest BCUT2D eigenvalue weighted by atomic mass is 19.3. The number of hydrogen-bond acceptors (Lipinski definition) is 16. The molecule has 2 aliphatic rings. The van der Waals surface area contributed by atoms with Crippen LogP contribution in [0.15, 0.2) is 141 Å². The Morgan fingerprint density at radius 1 is 0.716 bits per heavy atom. The van der Waals surface area contributed by atoms with Gasteiger partial charge < -0.3 is 45.0 Å². The second-order valence-corrected chi connectivity index (χ2v) is 18.2. The summed E-state index contributed by atoms with van der Waals surface area (Å²) in [4.78, 5) is 39.1. The fraction of sp³-hybridized carbons (Fsp3) is 0.182. The maximum absolute atomic E-state index is 13.5. The van der Waals surface area contributed by atoms with E-state index < -0.39 is 25.0 Å². The van der Waals surface area contributed by atoms with Gasteiger partial charge in [-0.25, -0.2) is 19.0 Å². The third kappa shape index (κ3) is 11.7. The number of pyridine rings is 1. The van der Waals surface area contributed by atoms with Crippen LogP contribution in [0.3, 0.4) is 0 Å². The molecule has 26 heteroatoms. The molecule has 22 nitrogen and oxygen atoms in total. The summed E-state index contributed by atoms with van der Waals surface area (Å²) in [6.45, 7) is 0.279. The molecule has 0 atom stereocenters. The molecule has 412 valence electrons. The first-order chi connectivity index (χ1) is 39.3. The molecule has 7 aromatic heterocycles. The average molecular weight is 1110 g/mol. The lowest BCUT2D eigenvalue weighted by molar-refractivity contribution is -0.0501. The number of nitrogens with zero attached hydrogens (tertiary/aromatic N) is 11. The van der Waals surface area contributed by atoms with Crippen LogP contribution in [-0.2, 0) is 24.8 Å². The van der Waals surface area contributed by atoms with Gasteiger partial charge in [0, 0.05) is 75.3 Å². The number of alkyl halides is 4. The van der Waals surface area contributed by atoms with E-state index in [2.05, 4.69) is 63.2 Å². The first-order valence-corrected chi connectivity index (χ1v) is 24.9. The minimum Gasteiger partial charge on any atom is -0.457 e. The molecule has 4 N–H and O–H groups in total. The molecule has 1 fully saturated rings. The lowest BCUT2D eigenvalue weighted by atomic mass is 10.0. The van der Waals surface area contributed by atoms with E-state index in [1.807, 2.05) is 18.2 Å². The van der Waals surface area contributed by atoms with Crippen molar-refractivity contribution in [1.82, 2.24) is 64.4 Å². The van der Waals surface area contributed by atoms with Crippen LogP contribution in [0, 0.1) is 0 Å². The maximum Gasteiger partial charge on any atom is 0.387 e. The topological polar surface area (TPSA) is 237 Å². The highest BCUT2D eigenvalue weighted by Crippen LogP contribution is 2.41. The molecular formula is C55H47F4N15O7. The van der Waals surface area contributed by atoms with Crippen molar-refractivity contribution in [3.8, 4) is 57.0 Å². The van der Waals surface area contributed by atoms with Crippen molar-refractivity contribution in [1.29, 1.82) is 0 Å². The Bertz CT molecular complexity index is 3970. The van der Waals surface area contributed by atoms with E-state index in [1.165, 1.54) is 62.1 Å². The molecule has 3 aromatic carbocycles. The summed E-state index contributed by atoms with van der Waals surface area (Å²) in [6, 6.07) is 19.8. The zero-order chi connectivity index (χ0) is 56.1. The molecule has 0 bridgehead atoms. The van der Waals surface area contributed by atoms with Gasteiger partial charge in [0.2, 0.25) is 0 Å². The van der Waals surface area contributed by atoms with Crippen LogP contribution in [0.4, 0.5) is 28.9 Å². The summed E-state index contributed by atoms with van der Waals surface area (Å²) in [7, 11) is 3.37. The summed E-state index contributed by atoms with van der Waals surface area (Å²) in [5.41, 5.74) is 6.30. The average Bonchev–Trinajstić information content (AvgIpc) is 4.28. The van der Waals surface area contributed by atoms with Crippen molar-refractivity contribution in [2.75, 3.05) is 37.4 Å². The Hall–Kier alpha value is -10.2. The normalized spacial score (nSPS) is 13.0. The molecule has 0 saturated carbocycles. The summed E-state index contributed by atoms with van der Waals surface area (Å²) in [5, 5.41) is 29.3. The number of rotatable bonds is 17. The molecule has 1 saturated heterocycles. The van der Waals surface area contributed by atoms with Gasteiger partial charge in [-0.1, -0.05) is 12.6 Å². The molecule has 81 heavy (non-hydrogen) atoms. The largest absolute Gasteiger partial charge is 0.457 e. The minimum atomic E-state index is -3.09. The predicted octanol–water partition coefficient (Wildman–Crippen LogP) is 8.82. The van der Waals surface area contributed by atoms with Crippen LogP contribution in [0.25, 0.3) is 39.5 Å². The third-order valence-corrected chi connectivity index (χ3v) is 12.8.